The van der Waals surface area contributed by atoms with Crippen molar-refractivity contribution in [2.75, 3.05) is 0 Å². The molecule has 234 valence electrons. The van der Waals surface area contributed by atoms with Gasteiger partial charge in [0.15, 0.2) is 0 Å². The van der Waals surface area contributed by atoms with Gasteiger partial charge in [-0.2, -0.15) is 0 Å². The van der Waals surface area contributed by atoms with Crippen LogP contribution in [0.4, 0.5) is 0 Å². The number of aliphatic hydroxyl groups is 2. The van der Waals surface area contributed by atoms with E-state index in [2.05, 4.69) is 10.6 Å². The fourth-order valence-corrected chi connectivity index (χ4v) is 6.96. The van der Waals surface area contributed by atoms with Gasteiger partial charge in [-0.1, -0.05) is 138 Å². The first-order valence-electron chi connectivity index (χ1n) is 16.2. The van der Waals surface area contributed by atoms with Gasteiger partial charge >= 0.3 is 11.8 Å². The number of nitrogens with one attached hydrogen (secondary N) is 2. The number of fused-ring (bicyclic) bond motifs is 2. The molecule has 6 heteroatoms. The molecule has 4 N–H and O–H groups in total. The summed E-state index contributed by atoms with van der Waals surface area (Å²) in [5.74, 6) is -1.68. The van der Waals surface area contributed by atoms with Crippen LogP contribution in [-0.2, 0) is 9.59 Å². The molecule has 44 heavy (non-hydrogen) atoms. The van der Waals surface area contributed by atoms with Crippen molar-refractivity contribution in [3.8, 4) is 0 Å². The summed E-state index contributed by atoms with van der Waals surface area (Å²) in [4.78, 5) is 27.8. The molecule has 0 spiro atoms. The fourth-order valence-electron chi connectivity index (χ4n) is 6.96. The van der Waals surface area contributed by atoms with Gasteiger partial charge in [-0.05, 0) is 58.4 Å². The maximum atomic E-state index is 13.9. The predicted octanol–water partition coefficient (Wildman–Crippen LogP) is 7.67. The van der Waals surface area contributed by atoms with E-state index in [-0.39, 0.29) is 0 Å². The van der Waals surface area contributed by atoms with Crippen LogP contribution >= 0.6 is 0 Å². The third kappa shape index (κ3) is 7.14. The summed E-state index contributed by atoms with van der Waals surface area (Å²) in [5, 5.41) is 33.9. The minimum atomic E-state index is -1.26. The van der Waals surface area contributed by atoms with Gasteiger partial charge in [-0.25, -0.2) is 0 Å². The maximum absolute atomic E-state index is 13.9. The first kappa shape index (κ1) is 33.2. The first-order valence-corrected chi connectivity index (χ1v) is 16.2. The van der Waals surface area contributed by atoms with Crippen molar-refractivity contribution in [2.45, 2.75) is 102 Å². The van der Waals surface area contributed by atoms with Gasteiger partial charge in [0.1, 0.15) is 0 Å². The van der Waals surface area contributed by atoms with Crippen molar-refractivity contribution in [1.29, 1.82) is 0 Å². The van der Waals surface area contributed by atoms with Crippen LogP contribution < -0.4 is 10.6 Å². The Morgan fingerprint density at radius 3 is 1.20 bits per heavy atom. The van der Waals surface area contributed by atoms with Gasteiger partial charge in [0.25, 0.3) is 0 Å². The van der Waals surface area contributed by atoms with E-state index in [9.17, 15) is 19.8 Å². The second kappa shape index (κ2) is 14.8. The lowest BCUT2D eigenvalue weighted by Gasteiger charge is -2.39. The Hall–Kier alpha value is -3.74. The highest BCUT2D eigenvalue weighted by Gasteiger charge is 2.42. The quantitative estimate of drug-likeness (QED) is 0.112. The van der Waals surface area contributed by atoms with Crippen LogP contribution in [0.5, 0.6) is 0 Å². The highest BCUT2D eigenvalue weighted by molar-refractivity contribution is 6.35. The van der Waals surface area contributed by atoms with E-state index in [4.69, 9.17) is 0 Å². The number of carbonyl (C=O) groups is 2. The van der Waals surface area contributed by atoms with E-state index >= 15 is 0 Å². The van der Waals surface area contributed by atoms with Gasteiger partial charge in [0.2, 0.25) is 0 Å². The zero-order valence-electron chi connectivity index (χ0n) is 26.6. The Balaban J connectivity index is 1.75. The normalized spacial score (nSPS) is 13.5. The number of carbonyl (C=O) groups excluding carboxylic acids is 2. The van der Waals surface area contributed by atoms with Crippen molar-refractivity contribution in [2.24, 2.45) is 0 Å². The van der Waals surface area contributed by atoms with Crippen molar-refractivity contribution in [3.05, 3.63) is 96.1 Å². The Labute approximate surface area is 261 Å². The Morgan fingerprint density at radius 2 is 0.864 bits per heavy atom. The van der Waals surface area contributed by atoms with E-state index in [0.717, 1.165) is 32.7 Å². The third-order valence-electron chi connectivity index (χ3n) is 8.83. The van der Waals surface area contributed by atoms with Gasteiger partial charge < -0.3 is 20.8 Å². The van der Waals surface area contributed by atoms with Crippen LogP contribution in [0.1, 0.15) is 102 Å². The molecule has 6 nitrogen and oxygen atoms in total. The highest BCUT2D eigenvalue weighted by Crippen LogP contribution is 2.39. The number of hydrogen-bond donors (Lipinski definition) is 4. The summed E-state index contributed by atoms with van der Waals surface area (Å²) in [5.41, 5.74) is -0.978. The molecule has 4 rings (SSSR count). The molecule has 0 aliphatic rings. The molecule has 2 amide bonds. The van der Waals surface area contributed by atoms with E-state index < -0.39 is 35.1 Å². The summed E-state index contributed by atoms with van der Waals surface area (Å²) in [6.45, 7) is 8.03. The molecule has 0 saturated heterocycles. The van der Waals surface area contributed by atoms with Crippen LogP contribution in [0, 0.1) is 0 Å². The molecule has 0 aromatic heterocycles. The number of amides is 2. The topological polar surface area (TPSA) is 98.7 Å². The van der Waals surface area contributed by atoms with E-state index in [1.807, 2.05) is 113 Å². The monoisotopic (exact) mass is 596 g/mol. The molecule has 4 aromatic carbocycles. The summed E-state index contributed by atoms with van der Waals surface area (Å²) in [6, 6.07) is 25.8. The second-order valence-electron chi connectivity index (χ2n) is 12.2. The van der Waals surface area contributed by atoms with Crippen LogP contribution in [-0.4, -0.2) is 33.2 Å². The minimum Gasteiger partial charge on any atom is -0.387 e. The lowest BCUT2D eigenvalue weighted by atomic mass is 9.79. The first-order chi connectivity index (χ1) is 21.2. The number of hydrogen-bond acceptors (Lipinski definition) is 4. The zero-order valence-corrected chi connectivity index (χ0v) is 26.6. The van der Waals surface area contributed by atoms with Crippen molar-refractivity contribution >= 4 is 33.4 Å². The maximum Gasteiger partial charge on any atom is 0.309 e. The fraction of sp³-hybridized carbons (Fsp3) is 0.421. The lowest BCUT2D eigenvalue weighted by Crippen LogP contribution is -2.53. The molecule has 2 atom stereocenters. The molecule has 0 saturated carbocycles. The van der Waals surface area contributed by atoms with Crippen LogP contribution in [0.2, 0.25) is 0 Å². The number of benzene rings is 4. The average Bonchev–Trinajstić information content (AvgIpc) is 3.02. The molecular formula is C38H48N2O4. The van der Waals surface area contributed by atoms with E-state index in [0.29, 0.717) is 51.4 Å². The Bertz CT molecular complexity index is 1430. The van der Waals surface area contributed by atoms with Gasteiger partial charge in [-0.3, -0.25) is 9.59 Å². The van der Waals surface area contributed by atoms with Crippen LogP contribution in [0.15, 0.2) is 84.9 Å². The minimum absolute atomic E-state index is 0.460. The van der Waals surface area contributed by atoms with Crippen molar-refractivity contribution in [1.82, 2.24) is 10.6 Å². The largest absolute Gasteiger partial charge is 0.387 e. The van der Waals surface area contributed by atoms with Gasteiger partial charge in [0, 0.05) is 0 Å². The Morgan fingerprint density at radius 1 is 0.545 bits per heavy atom. The molecular weight excluding hydrogens is 548 g/mol. The Kier molecular flexibility index (Phi) is 11.2. The molecule has 0 bridgehead atoms. The molecule has 0 radical (unpaired) electrons. The zero-order chi connectivity index (χ0) is 31.7. The van der Waals surface area contributed by atoms with E-state index in [1.165, 1.54) is 0 Å². The van der Waals surface area contributed by atoms with Crippen molar-refractivity contribution < 1.29 is 19.8 Å². The molecule has 0 aliphatic heterocycles. The lowest BCUT2D eigenvalue weighted by molar-refractivity contribution is -0.143. The SMILES string of the molecule is CCCC(O)(CCC)[C@H](NC(=O)C(=O)N[C@H](c1cccc2ccccc12)C(O)(CCC)CCC)c1cccc2ccccc12. The van der Waals surface area contributed by atoms with Crippen molar-refractivity contribution in [3.63, 3.8) is 0 Å². The summed E-state index contributed by atoms with van der Waals surface area (Å²) in [6.07, 6.45) is 4.69. The molecule has 4 aromatic rings. The van der Waals surface area contributed by atoms with Gasteiger partial charge in [-0.15, -0.1) is 0 Å². The number of rotatable bonds is 14. The van der Waals surface area contributed by atoms with Crippen LogP contribution in [0.3, 0.4) is 0 Å². The standard InChI is InChI=1S/C38H48N2O4/c1-5-23-37(43,24-6-2)33(31-21-13-17-27-15-9-11-19-29(27)31)39-35(41)36(42)40-34(38(44,25-7-3)26-8-4)32-22-14-18-28-16-10-12-20-30(28)32/h9-22,33-34,43-44H,5-8,23-26H2,1-4H3,(H,39,41)(H,40,42)/t33-,34-/m1/s1. The third-order valence-corrected chi connectivity index (χ3v) is 8.83. The summed E-state index contributed by atoms with van der Waals surface area (Å²) >= 11 is 0. The highest BCUT2D eigenvalue weighted by atomic mass is 16.3. The smallest absolute Gasteiger partial charge is 0.309 e. The summed E-state index contributed by atoms with van der Waals surface area (Å²) in [7, 11) is 0. The summed E-state index contributed by atoms with van der Waals surface area (Å²) < 4.78 is 0. The second-order valence-corrected chi connectivity index (χ2v) is 12.2. The molecule has 0 heterocycles. The molecule has 0 fully saturated rings. The predicted molar refractivity (Wildman–Crippen MR) is 179 cm³/mol. The van der Waals surface area contributed by atoms with Gasteiger partial charge in [0.05, 0.1) is 23.3 Å². The molecule has 0 unspecified atom stereocenters. The average molecular weight is 597 g/mol. The van der Waals surface area contributed by atoms with Crippen LogP contribution in [0.25, 0.3) is 21.5 Å². The molecule has 0 aliphatic carbocycles. The van der Waals surface area contributed by atoms with E-state index in [1.54, 1.807) is 0 Å².